The molecular formula is C30H42N2OS2. The topological polar surface area (TPSA) is 32.3 Å². The molecular weight excluding hydrogens is 468 g/mol. The molecule has 0 bridgehead atoms. The summed E-state index contributed by atoms with van der Waals surface area (Å²) < 4.78 is 0. The molecule has 0 fully saturated rings. The van der Waals surface area contributed by atoms with Crippen LogP contribution >= 0.6 is 23.1 Å². The van der Waals surface area contributed by atoms with E-state index in [9.17, 15) is 4.79 Å². The molecule has 1 aromatic heterocycles. The number of carbonyl (C=O) groups is 1. The van der Waals surface area contributed by atoms with Gasteiger partial charge in [-0.3, -0.25) is 9.69 Å². The third kappa shape index (κ3) is 13.6. The molecule has 0 aliphatic heterocycles. The van der Waals surface area contributed by atoms with Crippen molar-refractivity contribution >= 4 is 29.0 Å². The summed E-state index contributed by atoms with van der Waals surface area (Å²) in [4.78, 5) is 16.0. The first-order valence-electron chi connectivity index (χ1n) is 12.8. The van der Waals surface area contributed by atoms with Gasteiger partial charge in [0.05, 0.1) is 5.75 Å². The van der Waals surface area contributed by atoms with Gasteiger partial charge in [0, 0.05) is 29.9 Å². The Labute approximate surface area is 221 Å². The standard InChI is InChI=1S/C30H42N2OS2/c1-5-6-7-8-11-19-32(20-12-9-10-17-30(2,3)4)21-18-31-29(33)25-35-28-15-13-14-26(23-28)27-16-22-34-24-27/h9,12-16,22-24H,5-8,11,18-21,25H2,1-4H3,(H,31,33)/b12-9+. The lowest BCUT2D eigenvalue weighted by molar-refractivity contribution is -0.118. The van der Waals surface area contributed by atoms with Gasteiger partial charge < -0.3 is 5.32 Å². The normalized spacial score (nSPS) is 11.6. The number of rotatable bonds is 15. The quantitative estimate of drug-likeness (QED) is 0.153. The number of allylic oxidation sites excluding steroid dienone is 1. The van der Waals surface area contributed by atoms with Gasteiger partial charge >= 0.3 is 0 Å². The first kappa shape index (κ1) is 29.2. The molecule has 1 amide bonds. The maximum atomic E-state index is 12.5. The van der Waals surface area contributed by atoms with Crippen LogP contribution in [0.15, 0.2) is 58.1 Å². The first-order valence-corrected chi connectivity index (χ1v) is 14.7. The van der Waals surface area contributed by atoms with Crippen molar-refractivity contribution in [2.24, 2.45) is 5.41 Å². The Morgan fingerprint density at radius 3 is 2.69 bits per heavy atom. The lowest BCUT2D eigenvalue weighted by Gasteiger charge is -2.21. The van der Waals surface area contributed by atoms with E-state index in [0.29, 0.717) is 12.3 Å². The van der Waals surface area contributed by atoms with Crippen molar-refractivity contribution in [2.75, 3.05) is 31.9 Å². The molecule has 5 heteroatoms. The van der Waals surface area contributed by atoms with Crippen LogP contribution in [-0.4, -0.2) is 42.7 Å². The van der Waals surface area contributed by atoms with Gasteiger partial charge in [0.2, 0.25) is 5.91 Å². The highest BCUT2D eigenvalue weighted by atomic mass is 32.2. The monoisotopic (exact) mass is 510 g/mol. The average Bonchev–Trinajstić information content (AvgIpc) is 3.36. The lowest BCUT2D eigenvalue weighted by atomic mass is 9.98. The van der Waals surface area contributed by atoms with Crippen LogP contribution < -0.4 is 5.32 Å². The average molecular weight is 511 g/mol. The third-order valence-corrected chi connectivity index (χ3v) is 7.08. The highest BCUT2D eigenvalue weighted by molar-refractivity contribution is 8.00. The van der Waals surface area contributed by atoms with E-state index in [0.717, 1.165) is 24.5 Å². The van der Waals surface area contributed by atoms with Crippen molar-refractivity contribution in [2.45, 2.75) is 64.7 Å². The van der Waals surface area contributed by atoms with Gasteiger partial charge in [0.1, 0.15) is 0 Å². The molecule has 35 heavy (non-hydrogen) atoms. The molecule has 0 atom stereocenters. The van der Waals surface area contributed by atoms with Crippen LogP contribution in [0.4, 0.5) is 0 Å². The van der Waals surface area contributed by atoms with E-state index in [1.54, 1.807) is 23.1 Å². The highest BCUT2D eigenvalue weighted by Gasteiger charge is 2.07. The number of benzene rings is 1. The van der Waals surface area contributed by atoms with Gasteiger partial charge in [-0.25, -0.2) is 0 Å². The molecule has 0 unspecified atom stereocenters. The molecule has 2 aromatic rings. The van der Waals surface area contributed by atoms with Gasteiger partial charge in [-0.15, -0.1) is 11.8 Å². The van der Waals surface area contributed by atoms with Crippen LogP contribution in [0.5, 0.6) is 0 Å². The molecule has 190 valence electrons. The number of hydrogen-bond donors (Lipinski definition) is 1. The minimum Gasteiger partial charge on any atom is -0.354 e. The van der Waals surface area contributed by atoms with Crippen LogP contribution in [0.2, 0.25) is 0 Å². The maximum Gasteiger partial charge on any atom is 0.230 e. The Bertz CT molecular complexity index is 949. The summed E-state index contributed by atoms with van der Waals surface area (Å²) in [6.07, 6.45) is 10.5. The van der Waals surface area contributed by atoms with Crippen molar-refractivity contribution in [1.82, 2.24) is 10.2 Å². The second-order valence-electron chi connectivity index (χ2n) is 9.82. The lowest BCUT2D eigenvalue weighted by Crippen LogP contribution is -2.36. The van der Waals surface area contributed by atoms with Crippen molar-refractivity contribution in [1.29, 1.82) is 0 Å². The molecule has 2 rings (SSSR count). The molecule has 0 aliphatic rings. The Morgan fingerprint density at radius 2 is 1.94 bits per heavy atom. The molecule has 1 N–H and O–H groups in total. The van der Waals surface area contributed by atoms with Crippen molar-refractivity contribution in [3.05, 3.63) is 53.2 Å². The summed E-state index contributed by atoms with van der Waals surface area (Å²) >= 11 is 3.29. The van der Waals surface area contributed by atoms with E-state index in [-0.39, 0.29) is 11.3 Å². The summed E-state index contributed by atoms with van der Waals surface area (Å²) in [6.45, 7) is 12.1. The number of unbranched alkanes of at least 4 members (excludes halogenated alkanes) is 4. The fourth-order valence-corrected chi connectivity index (χ4v) is 4.95. The SMILES string of the molecule is CCCCCCCN(C/C=C/C#CC(C)(C)C)CCNC(=O)CSc1cccc(-c2ccsc2)c1. The number of thioether (sulfide) groups is 1. The van der Waals surface area contributed by atoms with Crippen molar-refractivity contribution in [3.63, 3.8) is 0 Å². The molecule has 1 heterocycles. The third-order valence-electron chi connectivity index (χ3n) is 5.40. The predicted octanol–water partition coefficient (Wildman–Crippen LogP) is 7.50. The van der Waals surface area contributed by atoms with E-state index < -0.39 is 0 Å². The second-order valence-corrected chi connectivity index (χ2v) is 11.6. The van der Waals surface area contributed by atoms with Crippen LogP contribution in [0, 0.1) is 17.3 Å². The number of nitrogens with zero attached hydrogens (tertiary/aromatic N) is 1. The van der Waals surface area contributed by atoms with E-state index in [1.165, 1.54) is 43.2 Å². The minimum absolute atomic E-state index is 0.0246. The minimum atomic E-state index is 0.0246. The summed E-state index contributed by atoms with van der Waals surface area (Å²) in [6, 6.07) is 10.5. The van der Waals surface area contributed by atoms with Crippen molar-refractivity contribution in [3.8, 4) is 23.0 Å². The van der Waals surface area contributed by atoms with Crippen LogP contribution in [0.1, 0.15) is 59.8 Å². The fraction of sp³-hybridized carbons (Fsp3) is 0.500. The van der Waals surface area contributed by atoms with Gasteiger partial charge in [-0.1, -0.05) is 62.7 Å². The molecule has 0 aliphatic carbocycles. The molecule has 0 saturated heterocycles. The molecule has 1 aromatic carbocycles. The number of carbonyl (C=O) groups excluding carboxylic acids is 1. The van der Waals surface area contributed by atoms with Crippen LogP contribution in [0.3, 0.4) is 0 Å². The van der Waals surface area contributed by atoms with E-state index in [1.807, 2.05) is 6.08 Å². The summed E-state index contributed by atoms with van der Waals surface area (Å²) in [7, 11) is 0. The van der Waals surface area contributed by atoms with Crippen molar-refractivity contribution < 1.29 is 4.79 Å². The molecule has 0 saturated carbocycles. The zero-order valence-electron chi connectivity index (χ0n) is 21.9. The number of thiophene rings is 1. The largest absolute Gasteiger partial charge is 0.354 e. The summed E-state index contributed by atoms with van der Waals surface area (Å²) in [5, 5.41) is 7.35. The molecule has 0 radical (unpaired) electrons. The number of amides is 1. The Hall–Kier alpha value is -2.00. The van der Waals surface area contributed by atoms with Crippen LogP contribution in [0.25, 0.3) is 11.1 Å². The number of nitrogens with one attached hydrogen (secondary N) is 1. The molecule has 3 nitrogen and oxygen atoms in total. The Kier molecular flexibility index (Phi) is 13.9. The zero-order valence-corrected chi connectivity index (χ0v) is 23.6. The van der Waals surface area contributed by atoms with Gasteiger partial charge in [0.15, 0.2) is 0 Å². The fourth-order valence-electron chi connectivity index (χ4n) is 3.50. The molecule has 0 spiro atoms. The highest BCUT2D eigenvalue weighted by Crippen LogP contribution is 2.27. The van der Waals surface area contributed by atoms with Crippen LogP contribution in [-0.2, 0) is 4.79 Å². The zero-order chi connectivity index (χ0) is 25.4. The second kappa shape index (κ2) is 16.6. The maximum absolute atomic E-state index is 12.5. The van der Waals surface area contributed by atoms with E-state index in [4.69, 9.17) is 0 Å². The smallest absolute Gasteiger partial charge is 0.230 e. The van der Waals surface area contributed by atoms with Gasteiger partial charge in [0.25, 0.3) is 0 Å². The van der Waals surface area contributed by atoms with Gasteiger partial charge in [-0.05, 0) is 79.9 Å². The summed E-state index contributed by atoms with van der Waals surface area (Å²) in [5.41, 5.74) is 2.46. The first-order chi connectivity index (χ1) is 16.9. The van der Waals surface area contributed by atoms with E-state index in [2.05, 4.69) is 96.9 Å². The van der Waals surface area contributed by atoms with E-state index >= 15 is 0 Å². The Balaban J connectivity index is 1.76. The number of hydrogen-bond acceptors (Lipinski definition) is 4. The van der Waals surface area contributed by atoms with Gasteiger partial charge in [-0.2, -0.15) is 11.3 Å². The Morgan fingerprint density at radius 1 is 1.11 bits per heavy atom. The predicted molar refractivity (Wildman–Crippen MR) is 155 cm³/mol. The summed E-state index contributed by atoms with van der Waals surface area (Å²) in [5.74, 6) is 6.92.